The molecule has 2 aromatic rings. The number of hydrogen-bond acceptors (Lipinski definition) is 6. The molecule has 0 saturated heterocycles. The van der Waals surface area contributed by atoms with Gasteiger partial charge >= 0.3 is 0 Å². The highest BCUT2D eigenvalue weighted by Gasteiger charge is 2.18. The van der Waals surface area contributed by atoms with E-state index in [1.54, 1.807) is 6.20 Å². The molecule has 1 aliphatic rings. The Labute approximate surface area is 151 Å². The molecule has 3 rings (SSSR count). The molecular weight excluding hydrogens is 338 g/mol. The van der Waals surface area contributed by atoms with Crippen LogP contribution in [0.25, 0.3) is 0 Å². The van der Waals surface area contributed by atoms with Crippen molar-refractivity contribution in [1.82, 2.24) is 15.2 Å². The van der Waals surface area contributed by atoms with Crippen LogP contribution in [0.4, 0.5) is 0 Å². The second kappa shape index (κ2) is 8.33. The zero-order valence-electron chi connectivity index (χ0n) is 14.3. The molecule has 0 unspecified atom stereocenters. The number of aromatic nitrogens is 1. The average Bonchev–Trinajstić information content (AvgIpc) is 3.00. The highest BCUT2D eigenvalue weighted by molar-refractivity contribution is 7.90. The Morgan fingerprint density at radius 3 is 2.88 bits per heavy atom. The minimum Gasteiger partial charge on any atom is -0.400 e. The first-order valence-corrected chi connectivity index (χ1v) is 8.82. The van der Waals surface area contributed by atoms with Crippen LogP contribution in [0, 0.1) is 0 Å². The Kier molecular flexibility index (Phi) is 5.91. The number of benzene rings is 1. The van der Waals surface area contributed by atoms with Crippen LogP contribution >= 0.6 is 12.3 Å². The lowest BCUT2D eigenvalue weighted by molar-refractivity contribution is 0.0950. The lowest BCUT2D eigenvalue weighted by Gasteiger charge is -2.07. The second-order valence-corrected chi connectivity index (χ2v) is 6.43. The minimum absolute atomic E-state index is 0.114. The van der Waals surface area contributed by atoms with Gasteiger partial charge in [-0.2, -0.15) is 0 Å². The van der Waals surface area contributed by atoms with Gasteiger partial charge in [0.2, 0.25) is 12.3 Å². The lowest BCUT2D eigenvalue weighted by Crippen LogP contribution is -2.23. The van der Waals surface area contributed by atoms with Gasteiger partial charge in [-0.25, -0.2) is 0 Å². The van der Waals surface area contributed by atoms with Gasteiger partial charge in [-0.1, -0.05) is 12.1 Å². The van der Waals surface area contributed by atoms with Crippen molar-refractivity contribution in [3.05, 3.63) is 58.9 Å². The summed E-state index contributed by atoms with van der Waals surface area (Å²) in [6, 6.07) is 9.46. The molecule has 0 saturated carbocycles. The SMILES string of the molecule is CCOSOc1ccc(CNC(=O)c2cnc3c(c2)CN(C)C3)cc1. The first kappa shape index (κ1) is 17.7. The quantitative estimate of drug-likeness (QED) is 0.606. The van der Waals surface area contributed by atoms with E-state index >= 15 is 0 Å². The van der Waals surface area contributed by atoms with E-state index in [0.29, 0.717) is 24.5 Å². The summed E-state index contributed by atoms with van der Waals surface area (Å²) in [6.45, 7) is 4.62. The fourth-order valence-corrected chi connectivity index (χ4v) is 2.94. The van der Waals surface area contributed by atoms with Crippen molar-refractivity contribution in [2.24, 2.45) is 0 Å². The van der Waals surface area contributed by atoms with E-state index in [0.717, 1.165) is 42.2 Å². The monoisotopic (exact) mass is 359 g/mol. The van der Waals surface area contributed by atoms with Gasteiger partial charge in [0.15, 0.2) is 0 Å². The Morgan fingerprint density at radius 2 is 2.12 bits per heavy atom. The number of fused-ring (bicyclic) bond motifs is 1. The van der Waals surface area contributed by atoms with Crippen molar-refractivity contribution >= 4 is 18.2 Å². The summed E-state index contributed by atoms with van der Waals surface area (Å²) in [5.41, 5.74) is 3.78. The number of nitrogens with zero attached hydrogens (tertiary/aromatic N) is 2. The average molecular weight is 359 g/mol. The topological polar surface area (TPSA) is 63.7 Å². The summed E-state index contributed by atoms with van der Waals surface area (Å²) < 4.78 is 10.4. The number of nitrogens with one attached hydrogen (secondary N) is 1. The summed E-state index contributed by atoms with van der Waals surface area (Å²) >= 11 is 0.957. The molecular formula is C18H21N3O3S. The van der Waals surface area contributed by atoms with Crippen molar-refractivity contribution in [3.63, 3.8) is 0 Å². The van der Waals surface area contributed by atoms with Crippen LogP contribution < -0.4 is 9.50 Å². The molecule has 1 aromatic heterocycles. The van der Waals surface area contributed by atoms with Gasteiger partial charge in [0.1, 0.15) is 5.75 Å². The van der Waals surface area contributed by atoms with Crippen molar-refractivity contribution in [2.45, 2.75) is 26.6 Å². The number of carbonyl (C=O) groups excluding carboxylic acids is 1. The van der Waals surface area contributed by atoms with E-state index < -0.39 is 0 Å². The molecule has 1 aliphatic heterocycles. The summed E-state index contributed by atoms with van der Waals surface area (Å²) in [5.74, 6) is 0.595. The molecule has 25 heavy (non-hydrogen) atoms. The van der Waals surface area contributed by atoms with E-state index in [-0.39, 0.29) is 5.91 Å². The molecule has 0 aliphatic carbocycles. The molecule has 0 spiro atoms. The van der Waals surface area contributed by atoms with Crippen LogP contribution in [0.3, 0.4) is 0 Å². The second-order valence-electron chi connectivity index (χ2n) is 5.89. The Hall–Kier alpha value is -2.09. The molecule has 6 nitrogen and oxygen atoms in total. The maximum atomic E-state index is 12.3. The van der Waals surface area contributed by atoms with Crippen molar-refractivity contribution < 1.29 is 13.2 Å². The molecule has 132 valence electrons. The van der Waals surface area contributed by atoms with E-state index in [9.17, 15) is 4.79 Å². The molecule has 1 N–H and O–H groups in total. The normalized spacial score (nSPS) is 13.5. The molecule has 2 heterocycles. The zero-order valence-corrected chi connectivity index (χ0v) is 15.1. The van der Waals surface area contributed by atoms with Crippen molar-refractivity contribution in [3.8, 4) is 5.75 Å². The molecule has 1 aromatic carbocycles. The van der Waals surface area contributed by atoms with E-state index in [2.05, 4.69) is 15.2 Å². The summed E-state index contributed by atoms with van der Waals surface area (Å²) in [4.78, 5) is 18.9. The van der Waals surface area contributed by atoms with Crippen LogP contribution in [0.1, 0.15) is 34.1 Å². The molecule has 0 radical (unpaired) electrons. The third kappa shape index (κ3) is 4.72. The maximum Gasteiger partial charge on any atom is 0.253 e. The van der Waals surface area contributed by atoms with Crippen LogP contribution in [0.2, 0.25) is 0 Å². The zero-order chi connectivity index (χ0) is 17.6. The smallest absolute Gasteiger partial charge is 0.253 e. The van der Waals surface area contributed by atoms with Gasteiger partial charge in [0.25, 0.3) is 5.91 Å². The summed E-state index contributed by atoms with van der Waals surface area (Å²) in [5, 5.41) is 2.93. The van der Waals surface area contributed by atoms with Crippen LogP contribution in [-0.4, -0.2) is 29.4 Å². The first-order valence-electron chi connectivity index (χ1n) is 8.15. The Balaban J connectivity index is 1.53. The lowest BCUT2D eigenvalue weighted by atomic mass is 10.1. The fourth-order valence-electron chi connectivity index (χ4n) is 2.60. The minimum atomic E-state index is -0.114. The molecule has 0 bridgehead atoms. The van der Waals surface area contributed by atoms with Crippen LogP contribution in [0.15, 0.2) is 36.5 Å². The predicted molar refractivity (Wildman–Crippen MR) is 96.9 cm³/mol. The Morgan fingerprint density at radius 1 is 1.32 bits per heavy atom. The fraction of sp³-hybridized carbons (Fsp3) is 0.333. The van der Waals surface area contributed by atoms with Crippen LogP contribution in [0.5, 0.6) is 5.75 Å². The summed E-state index contributed by atoms with van der Waals surface area (Å²) in [6.07, 6.45) is 1.65. The number of rotatable bonds is 7. The van der Waals surface area contributed by atoms with Crippen LogP contribution in [-0.2, 0) is 23.8 Å². The van der Waals surface area contributed by atoms with Gasteiger partial charge in [-0.15, -0.1) is 0 Å². The standard InChI is InChI=1S/C18H21N3O3S/c1-3-23-25-24-16-6-4-13(5-7-16)9-20-18(22)14-8-15-11-21(2)12-17(15)19-10-14/h4-8,10H,3,9,11-12H2,1-2H3,(H,20,22). The number of pyridine rings is 1. The van der Waals surface area contributed by atoms with Gasteiger partial charge in [0.05, 0.1) is 17.9 Å². The first-order chi connectivity index (χ1) is 12.2. The molecule has 1 amide bonds. The number of amides is 1. The van der Waals surface area contributed by atoms with Crippen molar-refractivity contribution in [2.75, 3.05) is 13.7 Å². The van der Waals surface area contributed by atoms with E-state index in [1.807, 2.05) is 44.3 Å². The maximum absolute atomic E-state index is 12.3. The molecule has 7 heteroatoms. The molecule has 0 atom stereocenters. The van der Waals surface area contributed by atoms with Gasteiger partial charge in [-0.3, -0.25) is 18.9 Å². The number of carbonyl (C=O) groups is 1. The Bertz CT molecular complexity index is 737. The van der Waals surface area contributed by atoms with E-state index in [1.165, 1.54) is 0 Å². The van der Waals surface area contributed by atoms with Crippen molar-refractivity contribution in [1.29, 1.82) is 0 Å². The van der Waals surface area contributed by atoms with Gasteiger partial charge in [0, 0.05) is 25.8 Å². The third-order valence-corrected chi connectivity index (χ3v) is 4.45. The number of hydrogen-bond donors (Lipinski definition) is 1. The molecule has 0 fully saturated rings. The third-order valence-electron chi connectivity index (χ3n) is 3.85. The highest BCUT2D eigenvalue weighted by Crippen LogP contribution is 2.20. The van der Waals surface area contributed by atoms with E-state index in [4.69, 9.17) is 8.37 Å². The predicted octanol–water partition coefficient (Wildman–Crippen LogP) is 2.94. The highest BCUT2D eigenvalue weighted by atomic mass is 32.2. The van der Waals surface area contributed by atoms with Gasteiger partial charge < -0.3 is 9.50 Å². The summed E-state index contributed by atoms with van der Waals surface area (Å²) in [7, 11) is 2.04. The van der Waals surface area contributed by atoms with Gasteiger partial charge in [-0.05, 0) is 43.3 Å². The largest absolute Gasteiger partial charge is 0.400 e.